The van der Waals surface area contributed by atoms with Crippen LogP contribution in [0.5, 0.6) is 0 Å². The van der Waals surface area contributed by atoms with Crippen molar-refractivity contribution in [3.63, 3.8) is 0 Å². The molecule has 0 amide bonds. The highest BCUT2D eigenvalue weighted by molar-refractivity contribution is 6.31. The monoisotopic (exact) mass is 313 g/mol. The molecule has 4 nitrogen and oxygen atoms in total. The quantitative estimate of drug-likeness (QED) is 0.836. The maximum absolute atomic E-state index is 10.4. The summed E-state index contributed by atoms with van der Waals surface area (Å²) >= 11 is 6.13. The van der Waals surface area contributed by atoms with Crippen LogP contribution < -0.4 is 5.06 Å². The van der Waals surface area contributed by atoms with Gasteiger partial charge in [0.15, 0.2) is 0 Å². The van der Waals surface area contributed by atoms with Crippen LogP contribution in [0.15, 0.2) is 53.5 Å². The number of amidine groups is 1. The van der Waals surface area contributed by atoms with E-state index in [4.69, 9.17) is 17.0 Å². The predicted molar refractivity (Wildman–Crippen MR) is 89.6 cm³/mol. The van der Waals surface area contributed by atoms with Gasteiger partial charge >= 0.3 is 0 Å². The van der Waals surface area contributed by atoms with Crippen LogP contribution in [0.2, 0.25) is 5.02 Å². The zero-order valence-corrected chi connectivity index (χ0v) is 12.9. The molecule has 1 atom stereocenters. The molecular formula is C17H16ClN3O. The van der Waals surface area contributed by atoms with E-state index in [1.54, 1.807) is 18.2 Å². The molecule has 2 aromatic rings. The summed E-state index contributed by atoms with van der Waals surface area (Å²) in [5, 5.41) is 19.9. The van der Waals surface area contributed by atoms with Crippen molar-refractivity contribution in [2.45, 2.75) is 6.92 Å². The fourth-order valence-electron chi connectivity index (χ4n) is 2.46. The van der Waals surface area contributed by atoms with Gasteiger partial charge in [0.25, 0.3) is 0 Å². The third-order valence-corrected chi connectivity index (χ3v) is 3.94. The molecule has 2 N–H and O–H groups in total. The van der Waals surface area contributed by atoms with Crippen LogP contribution in [0.25, 0.3) is 0 Å². The van der Waals surface area contributed by atoms with Gasteiger partial charge in [-0.1, -0.05) is 48.9 Å². The Morgan fingerprint density at radius 2 is 1.95 bits per heavy atom. The Balaban J connectivity index is 2.23. The van der Waals surface area contributed by atoms with Crippen LogP contribution in [0.1, 0.15) is 18.1 Å². The first-order valence-corrected chi connectivity index (χ1v) is 7.43. The maximum Gasteiger partial charge on any atom is 0.131 e. The van der Waals surface area contributed by atoms with Crippen LogP contribution in [-0.4, -0.2) is 23.3 Å². The highest BCUT2D eigenvalue weighted by Gasteiger charge is 2.24. The molecule has 0 aliphatic carbocycles. The van der Waals surface area contributed by atoms with Crippen molar-refractivity contribution >= 4 is 28.8 Å². The Kier molecular flexibility index (Phi) is 3.96. The third-order valence-electron chi connectivity index (χ3n) is 3.71. The number of benzene rings is 2. The third kappa shape index (κ3) is 2.63. The van der Waals surface area contributed by atoms with E-state index in [0.717, 1.165) is 21.9 Å². The van der Waals surface area contributed by atoms with Crippen molar-refractivity contribution in [3.05, 3.63) is 64.7 Å². The first-order valence-electron chi connectivity index (χ1n) is 7.05. The molecule has 112 valence electrons. The predicted octanol–water partition coefficient (Wildman–Crippen LogP) is 4.00. The van der Waals surface area contributed by atoms with Gasteiger partial charge in [-0.3, -0.25) is 15.6 Å². The fourth-order valence-corrected chi connectivity index (χ4v) is 2.64. The van der Waals surface area contributed by atoms with Crippen molar-refractivity contribution in [1.29, 1.82) is 5.41 Å². The Bertz CT molecular complexity index is 743. The number of fused-ring (bicyclic) bond motifs is 1. The molecule has 0 saturated heterocycles. The molecule has 1 aliphatic heterocycles. The van der Waals surface area contributed by atoms with E-state index in [1.165, 1.54) is 0 Å². The second-order valence-corrected chi connectivity index (χ2v) is 5.75. The number of halogens is 1. The van der Waals surface area contributed by atoms with E-state index in [2.05, 4.69) is 4.99 Å². The largest absolute Gasteiger partial charge is 0.286 e. The molecule has 0 saturated carbocycles. The zero-order valence-electron chi connectivity index (χ0n) is 12.1. The van der Waals surface area contributed by atoms with Gasteiger partial charge in [-0.05, 0) is 18.2 Å². The number of nitrogens with one attached hydrogen (secondary N) is 1. The zero-order chi connectivity index (χ0) is 15.7. The summed E-state index contributed by atoms with van der Waals surface area (Å²) in [6.07, 6.45) is 0. The van der Waals surface area contributed by atoms with Crippen molar-refractivity contribution in [1.82, 2.24) is 0 Å². The maximum atomic E-state index is 10.4. The van der Waals surface area contributed by atoms with Crippen molar-refractivity contribution in [2.24, 2.45) is 10.9 Å². The molecule has 0 fully saturated rings. The second-order valence-electron chi connectivity index (χ2n) is 5.31. The number of aliphatic imine (C=N–C) groups is 1. The summed E-state index contributed by atoms with van der Waals surface area (Å²) in [5.74, 6) is -0.0491. The Hall–Kier alpha value is -2.17. The van der Waals surface area contributed by atoms with Crippen LogP contribution in [-0.2, 0) is 0 Å². The number of anilines is 1. The van der Waals surface area contributed by atoms with Crippen LogP contribution in [0, 0.1) is 11.3 Å². The van der Waals surface area contributed by atoms with E-state index < -0.39 is 0 Å². The minimum atomic E-state index is -0.174. The van der Waals surface area contributed by atoms with Crippen LogP contribution in [0.4, 0.5) is 5.69 Å². The summed E-state index contributed by atoms with van der Waals surface area (Å²) in [5.41, 5.74) is 2.97. The number of rotatable bonds is 1. The fraction of sp³-hybridized carbons (Fsp3) is 0.176. The molecule has 1 unspecified atom stereocenters. The number of hydrogen-bond donors (Lipinski definition) is 2. The van der Waals surface area contributed by atoms with Crippen LogP contribution >= 0.6 is 11.6 Å². The molecule has 0 radical (unpaired) electrons. The molecule has 0 bridgehead atoms. The average molecular weight is 314 g/mol. The molecule has 3 rings (SSSR count). The Morgan fingerprint density at radius 3 is 2.68 bits per heavy atom. The van der Waals surface area contributed by atoms with E-state index in [9.17, 15) is 5.21 Å². The lowest BCUT2D eigenvalue weighted by atomic mass is 9.98. The van der Waals surface area contributed by atoms with Gasteiger partial charge in [-0.15, -0.1) is 0 Å². The molecule has 22 heavy (non-hydrogen) atoms. The van der Waals surface area contributed by atoms with E-state index in [1.807, 2.05) is 37.3 Å². The molecule has 2 aromatic carbocycles. The Morgan fingerprint density at radius 1 is 1.23 bits per heavy atom. The summed E-state index contributed by atoms with van der Waals surface area (Å²) in [6, 6.07) is 15.0. The van der Waals surface area contributed by atoms with Crippen molar-refractivity contribution in [2.75, 3.05) is 11.6 Å². The normalized spacial score (nSPS) is 18.3. The van der Waals surface area contributed by atoms with Gasteiger partial charge in [-0.2, -0.15) is 0 Å². The minimum absolute atomic E-state index is 0.124. The number of nitrogens with zero attached hydrogens (tertiary/aromatic N) is 2. The lowest BCUT2D eigenvalue weighted by Crippen LogP contribution is -2.35. The summed E-state index contributed by atoms with van der Waals surface area (Å²) in [6.45, 7) is 2.31. The molecule has 0 aromatic heterocycles. The summed E-state index contributed by atoms with van der Waals surface area (Å²) < 4.78 is 0. The smallest absolute Gasteiger partial charge is 0.131 e. The highest BCUT2D eigenvalue weighted by Crippen LogP contribution is 2.29. The number of hydrogen-bond acceptors (Lipinski definition) is 3. The first kappa shape index (κ1) is 14.8. The molecular weight excluding hydrogens is 298 g/mol. The van der Waals surface area contributed by atoms with Crippen LogP contribution in [0.3, 0.4) is 0 Å². The van der Waals surface area contributed by atoms with Gasteiger partial charge in [0.2, 0.25) is 0 Å². The topological polar surface area (TPSA) is 59.7 Å². The van der Waals surface area contributed by atoms with E-state index in [-0.39, 0.29) is 11.8 Å². The van der Waals surface area contributed by atoms with Gasteiger partial charge in [0, 0.05) is 28.6 Å². The Labute approximate surface area is 134 Å². The lowest BCUT2D eigenvalue weighted by Gasteiger charge is -2.27. The molecule has 0 spiro atoms. The van der Waals surface area contributed by atoms with Gasteiger partial charge in [-0.25, -0.2) is 5.06 Å². The molecule has 5 heteroatoms. The number of hydroxylamine groups is 1. The average Bonchev–Trinajstić information content (AvgIpc) is 2.54. The standard InChI is InChI=1S/C17H16ClN3O/c1-11-10-20-16(12-5-3-2-4-6-12)14-9-13(18)7-8-15(14)21(22)17(11)19/h2-9,11,19,22H,10H2,1H3. The van der Waals surface area contributed by atoms with Gasteiger partial charge in [0.05, 0.1) is 11.4 Å². The van der Waals surface area contributed by atoms with Crippen molar-refractivity contribution in [3.8, 4) is 0 Å². The summed E-state index contributed by atoms with van der Waals surface area (Å²) in [4.78, 5) is 4.68. The lowest BCUT2D eigenvalue weighted by molar-refractivity contribution is 0.304. The highest BCUT2D eigenvalue weighted by atomic mass is 35.5. The summed E-state index contributed by atoms with van der Waals surface area (Å²) in [7, 11) is 0. The van der Waals surface area contributed by atoms with Crippen molar-refractivity contribution < 1.29 is 5.21 Å². The minimum Gasteiger partial charge on any atom is -0.286 e. The van der Waals surface area contributed by atoms with E-state index >= 15 is 0 Å². The molecule has 1 heterocycles. The molecule has 1 aliphatic rings. The first-order chi connectivity index (χ1) is 10.6. The SMILES string of the molecule is CC1CN=C(c2ccccc2)c2cc(Cl)ccc2N(O)C1=N. The second kappa shape index (κ2) is 5.91. The van der Waals surface area contributed by atoms with E-state index in [0.29, 0.717) is 17.3 Å². The van der Waals surface area contributed by atoms with Gasteiger partial charge < -0.3 is 0 Å². The van der Waals surface area contributed by atoms with Gasteiger partial charge in [0.1, 0.15) is 5.84 Å².